The normalized spacial score (nSPS) is 25.0. The summed E-state index contributed by atoms with van der Waals surface area (Å²) in [6.45, 7) is 4.32. The van der Waals surface area contributed by atoms with Gasteiger partial charge in [-0.25, -0.2) is 4.79 Å². The van der Waals surface area contributed by atoms with E-state index in [4.69, 9.17) is 19.9 Å². The minimum Gasteiger partial charge on any atom is -0.460 e. The van der Waals surface area contributed by atoms with Crippen LogP contribution in [-0.2, 0) is 23.8 Å². The van der Waals surface area contributed by atoms with E-state index in [0.717, 1.165) is 12.3 Å². The SMILES string of the molecule is CCC(=O)OC(C)[C@H]1O[C@@H](n2ccc(N)nc2=O)C(F)(F)[C@@H]1OC(=O)CC. The molecule has 1 aliphatic rings. The number of nitrogen functional groups attached to an aromatic ring is 1. The van der Waals surface area contributed by atoms with E-state index in [1.807, 2.05) is 0 Å². The van der Waals surface area contributed by atoms with Gasteiger partial charge in [0, 0.05) is 19.0 Å². The highest BCUT2D eigenvalue weighted by Crippen LogP contribution is 2.45. The zero-order chi connectivity index (χ0) is 20.4. The van der Waals surface area contributed by atoms with Crippen molar-refractivity contribution in [2.75, 3.05) is 5.73 Å². The zero-order valence-electron chi connectivity index (χ0n) is 15.1. The van der Waals surface area contributed by atoms with Crippen molar-refractivity contribution in [3.8, 4) is 0 Å². The van der Waals surface area contributed by atoms with Crippen LogP contribution >= 0.6 is 0 Å². The summed E-state index contributed by atoms with van der Waals surface area (Å²) in [7, 11) is 0. The maximum absolute atomic E-state index is 15.0. The number of esters is 2. The summed E-state index contributed by atoms with van der Waals surface area (Å²) < 4.78 is 45.8. The average Bonchev–Trinajstić information content (AvgIpc) is 2.86. The fraction of sp³-hybridized carbons (Fsp3) is 0.625. The van der Waals surface area contributed by atoms with Crippen LogP contribution in [0, 0.1) is 0 Å². The lowest BCUT2D eigenvalue weighted by Gasteiger charge is -2.26. The van der Waals surface area contributed by atoms with Gasteiger partial charge in [-0.1, -0.05) is 13.8 Å². The molecule has 0 aromatic carbocycles. The van der Waals surface area contributed by atoms with Crippen molar-refractivity contribution in [1.82, 2.24) is 9.55 Å². The summed E-state index contributed by atoms with van der Waals surface area (Å²) in [6, 6.07) is 1.15. The Hall–Kier alpha value is -2.56. The van der Waals surface area contributed by atoms with E-state index in [1.165, 1.54) is 20.8 Å². The molecule has 1 aliphatic heterocycles. The minimum atomic E-state index is -3.79. The predicted octanol–water partition coefficient (Wildman–Crippen LogP) is 1.02. The molecule has 150 valence electrons. The molecule has 1 saturated heterocycles. The number of nitrogens with two attached hydrogens (primary N) is 1. The first-order chi connectivity index (χ1) is 12.6. The number of rotatable bonds is 6. The smallest absolute Gasteiger partial charge is 0.351 e. The molecule has 0 spiro atoms. The van der Waals surface area contributed by atoms with Crippen molar-refractivity contribution in [2.45, 2.75) is 64.1 Å². The fourth-order valence-electron chi connectivity index (χ4n) is 2.61. The highest BCUT2D eigenvalue weighted by molar-refractivity contribution is 5.70. The molecule has 2 N–H and O–H groups in total. The standard InChI is InChI=1S/C16H21F2N3O6/c1-4-10(22)25-8(3)12-13(26-11(23)5-2)16(17,18)14(27-12)21-7-6-9(19)20-15(21)24/h6-8,12-14H,4-5H2,1-3H3,(H2,19,20,24)/t8?,12-,13-,14-/m1/s1. The van der Waals surface area contributed by atoms with E-state index in [9.17, 15) is 14.4 Å². The monoisotopic (exact) mass is 389 g/mol. The van der Waals surface area contributed by atoms with Gasteiger partial charge in [-0.15, -0.1) is 0 Å². The number of hydrogen-bond acceptors (Lipinski definition) is 8. The maximum atomic E-state index is 15.0. The van der Waals surface area contributed by atoms with Crippen LogP contribution in [0.5, 0.6) is 0 Å². The molecule has 2 rings (SSSR count). The van der Waals surface area contributed by atoms with Crippen LogP contribution in [0.1, 0.15) is 39.8 Å². The lowest BCUT2D eigenvalue weighted by Crippen LogP contribution is -2.46. The van der Waals surface area contributed by atoms with E-state index in [0.29, 0.717) is 4.57 Å². The van der Waals surface area contributed by atoms with Gasteiger partial charge in [-0.05, 0) is 13.0 Å². The van der Waals surface area contributed by atoms with E-state index in [1.54, 1.807) is 0 Å². The molecule has 2 heterocycles. The van der Waals surface area contributed by atoms with E-state index in [-0.39, 0.29) is 18.7 Å². The summed E-state index contributed by atoms with van der Waals surface area (Å²) in [4.78, 5) is 38.5. The molecule has 1 fully saturated rings. The lowest BCUT2D eigenvalue weighted by molar-refractivity contribution is -0.178. The number of carbonyl (C=O) groups is 2. The Morgan fingerprint density at radius 3 is 2.56 bits per heavy atom. The summed E-state index contributed by atoms with van der Waals surface area (Å²) in [5.74, 6) is -5.45. The Bertz CT molecular complexity index is 769. The van der Waals surface area contributed by atoms with Gasteiger partial charge in [-0.2, -0.15) is 13.8 Å². The second-order valence-electron chi connectivity index (χ2n) is 5.98. The molecule has 1 aromatic heterocycles. The van der Waals surface area contributed by atoms with Gasteiger partial charge in [0.05, 0.1) is 0 Å². The Balaban J connectivity index is 2.41. The van der Waals surface area contributed by atoms with Crippen LogP contribution in [0.2, 0.25) is 0 Å². The molecule has 9 nitrogen and oxygen atoms in total. The molecule has 11 heteroatoms. The molecule has 0 aliphatic carbocycles. The molecule has 27 heavy (non-hydrogen) atoms. The first kappa shape index (κ1) is 20.7. The third-order valence-electron chi connectivity index (χ3n) is 4.01. The summed E-state index contributed by atoms with van der Waals surface area (Å²) in [5, 5.41) is 0. The van der Waals surface area contributed by atoms with Gasteiger partial charge >= 0.3 is 23.6 Å². The van der Waals surface area contributed by atoms with E-state index in [2.05, 4.69) is 4.98 Å². The number of carbonyl (C=O) groups excluding carboxylic acids is 2. The van der Waals surface area contributed by atoms with Crippen LogP contribution < -0.4 is 11.4 Å². The Morgan fingerprint density at radius 1 is 1.37 bits per heavy atom. The second kappa shape index (κ2) is 7.99. The Kier molecular flexibility index (Phi) is 6.14. The van der Waals surface area contributed by atoms with Crippen molar-refractivity contribution in [2.24, 2.45) is 0 Å². The highest BCUT2D eigenvalue weighted by Gasteiger charge is 2.64. The number of ether oxygens (including phenoxy) is 3. The molecule has 1 unspecified atom stereocenters. The topological polar surface area (TPSA) is 123 Å². The molecular formula is C16H21F2N3O6. The van der Waals surface area contributed by atoms with Crippen LogP contribution in [0.4, 0.5) is 14.6 Å². The molecular weight excluding hydrogens is 368 g/mol. The van der Waals surface area contributed by atoms with Gasteiger partial charge < -0.3 is 19.9 Å². The van der Waals surface area contributed by atoms with Gasteiger partial charge in [-0.3, -0.25) is 14.2 Å². The minimum absolute atomic E-state index is 0.0254. The number of halogens is 2. The maximum Gasteiger partial charge on any atom is 0.351 e. The van der Waals surface area contributed by atoms with Gasteiger partial charge in [0.25, 0.3) is 0 Å². The van der Waals surface area contributed by atoms with Crippen molar-refractivity contribution >= 4 is 17.8 Å². The molecule has 0 radical (unpaired) electrons. The molecule has 0 bridgehead atoms. The van der Waals surface area contributed by atoms with Crippen LogP contribution in [0.15, 0.2) is 17.1 Å². The molecule has 4 atom stereocenters. The lowest BCUT2D eigenvalue weighted by atomic mass is 10.0. The first-order valence-electron chi connectivity index (χ1n) is 8.38. The van der Waals surface area contributed by atoms with Crippen molar-refractivity contribution < 1.29 is 32.6 Å². The van der Waals surface area contributed by atoms with Gasteiger partial charge in [0.1, 0.15) is 18.0 Å². The quantitative estimate of drug-likeness (QED) is 0.716. The Labute approximate surface area is 153 Å². The number of aromatic nitrogens is 2. The van der Waals surface area contributed by atoms with Crippen LogP contribution in [0.25, 0.3) is 0 Å². The summed E-state index contributed by atoms with van der Waals surface area (Å²) in [5.41, 5.74) is 4.31. The summed E-state index contributed by atoms with van der Waals surface area (Å²) in [6.07, 6.45) is -5.92. The number of hydrogen-bond donors (Lipinski definition) is 1. The molecule has 0 saturated carbocycles. The number of alkyl halides is 2. The van der Waals surface area contributed by atoms with Crippen molar-refractivity contribution in [3.63, 3.8) is 0 Å². The van der Waals surface area contributed by atoms with Gasteiger partial charge in [0.2, 0.25) is 6.23 Å². The third-order valence-corrected chi connectivity index (χ3v) is 4.01. The molecule has 1 aromatic rings. The Morgan fingerprint density at radius 2 is 2.00 bits per heavy atom. The number of anilines is 1. The van der Waals surface area contributed by atoms with E-state index >= 15 is 8.78 Å². The first-order valence-corrected chi connectivity index (χ1v) is 8.38. The third kappa shape index (κ3) is 4.24. The zero-order valence-corrected chi connectivity index (χ0v) is 15.1. The predicted molar refractivity (Wildman–Crippen MR) is 87.8 cm³/mol. The fourth-order valence-corrected chi connectivity index (χ4v) is 2.61. The van der Waals surface area contributed by atoms with Crippen molar-refractivity contribution in [1.29, 1.82) is 0 Å². The van der Waals surface area contributed by atoms with Crippen molar-refractivity contribution in [3.05, 3.63) is 22.7 Å². The second-order valence-corrected chi connectivity index (χ2v) is 5.98. The van der Waals surface area contributed by atoms with E-state index < -0.39 is 48.1 Å². The van der Waals surface area contributed by atoms with Crippen LogP contribution in [-0.4, -0.2) is 45.7 Å². The molecule has 0 amide bonds. The largest absolute Gasteiger partial charge is 0.460 e. The highest BCUT2D eigenvalue weighted by atomic mass is 19.3. The summed E-state index contributed by atoms with van der Waals surface area (Å²) >= 11 is 0. The van der Waals surface area contributed by atoms with Gasteiger partial charge in [0.15, 0.2) is 6.10 Å². The average molecular weight is 389 g/mol. The number of nitrogens with zero attached hydrogens (tertiary/aromatic N) is 2. The van der Waals surface area contributed by atoms with Crippen LogP contribution in [0.3, 0.4) is 0 Å².